The first-order valence-electron chi connectivity index (χ1n) is 6.95. The fraction of sp³-hybridized carbons (Fsp3) is 0.400. The third-order valence-electron chi connectivity index (χ3n) is 4.24. The van der Waals surface area contributed by atoms with E-state index >= 15 is 0 Å². The van der Waals surface area contributed by atoms with Crippen molar-refractivity contribution in [3.8, 4) is 0 Å². The molecule has 0 unspecified atom stereocenters. The van der Waals surface area contributed by atoms with Gasteiger partial charge in [-0.25, -0.2) is 0 Å². The van der Waals surface area contributed by atoms with Gasteiger partial charge in [0.2, 0.25) is 0 Å². The maximum atomic E-state index is 12.3. The lowest BCUT2D eigenvalue weighted by atomic mass is 9.66. The van der Waals surface area contributed by atoms with Crippen LogP contribution in [0.4, 0.5) is 0 Å². The van der Waals surface area contributed by atoms with Crippen LogP contribution in [0.15, 0.2) is 29.3 Å². The molecule has 0 spiro atoms. The molecular formula is C15H17N3O4. The molecule has 3 atom stereocenters. The van der Waals surface area contributed by atoms with Crippen molar-refractivity contribution in [1.82, 2.24) is 15.2 Å². The summed E-state index contributed by atoms with van der Waals surface area (Å²) in [5, 5.41) is 16.1. The molecule has 2 heterocycles. The summed E-state index contributed by atoms with van der Waals surface area (Å²) in [6, 6.07) is 3.51. The number of pyridine rings is 1. The minimum absolute atomic E-state index is 0.164. The van der Waals surface area contributed by atoms with E-state index in [4.69, 9.17) is 4.74 Å². The van der Waals surface area contributed by atoms with Gasteiger partial charge in [-0.15, -0.1) is 0 Å². The maximum Gasteiger partial charge on any atom is 0.312 e. The third kappa shape index (κ3) is 2.14. The summed E-state index contributed by atoms with van der Waals surface area (Å²) in [5.41, 5.74) is 0.0996. The van der Waals surface area contributed by atoms with E-state index in [1.807, 2.05) is 0 Å². The molecule has 2 aromatic heterocycles. The largest absolute Gasteiger partial charge is 0.469 e. The van der Waals surface area contributed by atoms with Crippen molar-refractivity contribution < 1.29 is 14.6 Å². The van der Waals surface area contributed by atoms with E-state index in [1.165, 1.54) is 7.11 Å². The van der Waals surface area contributed by atoms with Crippen molar-refractivity contribution in [1.29, 1.82) is 0 Å². The van der Waals surface area contributed by atoms with Gasteiger partial charge in [0.15, 0.2) is 0 Å². The van der Waals surface area contributed by atoms with Crippen LogP contribution in [0, 0.1) is 5.92 Å². The number of ether oxygens (including phenoxy) is 1. The van der Waals surface area contributed by atoms with Crippen LogP contribution >= 0.6 is 0 Å². The number of carbonyl (C=O) groups excluding carboxylic acids is 1. The van der Waals surface area contributed by atoms with Crippen molar-refractivity contribution in [2.75, 3.05) is 7.11 Å². The number of nitrogens with zero attached hydrogens (tertiary/aromatic N) is 1. The van der Waals surface area contributed by atoms with Gasteiger partial charge in [-0.3, -0.25) is 19.7 Å². The summed E-state index contributed by atoms with van der Waals surface area (Å²) >= 11 is 0. The summed E-state index contributed by atoms with van der Waals surface area (Å²) in [5.74, 6) is -2.05. The van der Waals surface area contributed by atoms with Crippen LogP contribution in [-0.4, -0.2) is 39.0 Å². The fourth-order valence-corrected chi connectivity index (χ4v) is 3.30. The van der Waals surface area contributed by atoms with E-state index in [-0.39, 0.29) is 12.0 Å². The molecule has 1 aliphatic rings. The van der Waals surface area contributed by atoms with Gasteiger partial charge in [-0.1, -0.05) is 6.07 Å². The summed E-state index contributed by atoms with van der Waals surface area (Å²) in [7, 11) is 1.27. The van der Waals surface area contributed by atoms with E-state index in [0.29, 0.717) is 16.8 Å². The van der Waals surface area contributed by atoms with Gasteiger partial charge in [0.1, 0.15) is 0 Å². The standard InChI is InChI=1S/C15H17N3O4/c1-15(21)6-9-11(13(19)18-17-9)10(12(15)14(20)22-2)8-4-3-5-16-7-8/h3-5,7,10,12,21H,6H2,1-2H3,(H2,17,18,19)/t10-,12+,15-/m1/s1. The number of fused-ring (bicyclic) bond motifs is 1. The first-order chi connectivity index (χ1) is 10.5. The van der Waals surface area contributed by atoms with Gasteiger partial charge < -0.3 is 14.9 Å². The molecule has 0 radical (unpaired) electrons. The average molecular weight is 303 g/mol. The number of hydrogen-bond donors (Lipinski definition) is 3. The first kappa shape index (κ1) is 14.5. The second-order valence-electron chi connectivity index (χ2n) is 5.77. The minimum atomic E-state index is -1.34. The highest BCUT2D eigenvalue weighted by atomic mass is 16.5. The van der Waals surface area contributed by atoms with Crippen LogP contribution in [0.2, 0.25) is 0 Å². The summed E-state index contributed by atoms with van der Waals surface area (Å²) in [6.45, 7) is 1.58. The highest BCUT2D eigenvalue weighted by Crippen LogP contribution is 2.44. The quantitative estimate of drug-likeness (QED) is 0.693. The Morgan fingerprint density at radius 1 is 1.50 bits per heavy atom. The molecule has 3 N–H and O–H groups in total. The molecule has 0 fully saturated rings. The number of aromatic amines is 2. The molecule has 0 saturated heterocycles. The van der Waals surface area contributed by atoms with E-state index in [1.54, 1.807) is 31.5 Å². The Morgan fingerprint density at radius 3 is 2.91 bits per heavy atom. The van der Waals surface area contributed by atoms with Crippen molar-refractivity contribution >= 4 is 5.97 Å². The number of esters is 1. The molecule has 7 heteroatoms. The summed E-state index contributed by atoms with van der Waals surface area (Å²) in [4.78, 5) is 28.5. The number of methoxy groups -OCH3 is 1. The number of aromatic nitrogens is 3. The van der Waals surface area contributed by atoms with Gasteiger partial charge in [0.05, 0.1) is 18.6 Å². The molecule has 0 aliphatic heterocycles. The fourth-order valence-electron chi connectivity index (χ4n) is 3.30. The highest BCUT2D eigenvalue weighted by molar-refractivity contribution is 5.77. The maximum absolute atomic E-state index is 12.3. The zero-order valence-electron chi connectivity index (χ0n) is 12.3. The van der Waals surface area contributed by atoms with E-state index in [9.17, 15) is 14.7 Å². The van der Waals surface area contributed by atoms with Gasteiger partial charge >= 0.3 is 5.97 Å². The molecule has 1 aliphatic carbocycles. The van der Waals surface area contributed by atoms with Gasteiger partial charge in [-0.2, -0.15) is 0 Å². The molecule has 22 heavy (non-hydrogen) atoms. The molecule has 7 nitrogen and oxygen atoms in total. The number of rotatable bonds is 2. The molecule has 2 aromatic rings. The van der Waals surface area contributed by atoms with E-state index in [2.05, 4.69) is 15.2 Å². The lowest BCUT2D eigenvalue weighted by Crippen LogP contribution is -2.49. The number of aliphatic hydroxyl groups is 1. The van der Waals surface area contributed by atoms with Crippen molar-refractivity contribution in [2.24, 2.45) is 5.92 Å². The molecule has 3 rings (SSSR count). The molecule has 0 amide bonds. The predicted octanol–water partition coefficient (Wildman–Crippen LogP) is 0.326. The topological polar surface area (TPSA) is 108 Å². The number of hydrogen-bond acceptors (Lipinski definition) is 5. The first-order valence-corrected chi connectivity index (χ1v) is 6.95. The second kappa shape index (κ2) is 5.10. The Kier molecular flexibility index (Phi) is 3.37. The Bertz CT molecular complexity index is 748. The van der Waals surface area contributed by atoms with Crippen LogP contribution in [0.5, 0.6) is 0 Å². The lowest BCUT2D eigenvalue weighted by molar-refractivity contribution is -0.156. The van der Waals surface area contributed by atoms with Crippen LogP contribution in [0.1, 0.15) is 29.7 Å². The second-order valence-corrected chi connectivity index (χ2v) is 5.77. The SMILES string of the molecule is COC(=O)[C@@H]1[C@H](c2cccnc2)c2c([nH][nH]c2=O)C[C@@]1(C)O. The molecular weight excluding hydrogens is 286 g/mol. The summed E-state index contributed by atoms with van der Waals surface area (Å²) < 4.78 is 4.87. The van der Waals surface area contributed by atoms with Gasteiger partial charge in [0.25, 0.3) is 5.56 Å². The van der Waals surface area contributed by atoms with Gasteiger partial charge in [0, 0.05) is 36.0 Å². The van der Waals surface area contributed by atoms with Crippen LogP contribution < -0.4 is 5.56 Å². The normalized spacial score (nSPS) is 27.2. The smallest absolute Gasteiger partial charge is 0.312 e. The molecule has 0 aromatic carbocycles. The Hall–Kier alpha value is -2.41. The van der Waals surface area contributed by atoms with E-state index < -0.39 is 23.4 Å². The lowest BCUT2D eigenvalue weighted by Gasteiger charge is -2.40. The Labute approximate surface area is 126 Å². The van der Waals surface area contributed by atoms with Crippen molar-refractivity contribution in [3.63, 3.8) is 0 Å². The predicted molar refractivity (Wildman–Crippen MR) is 77.3 cm³/mol. The highest BCUT2D eigenvalue weighted by Gasteiger charge is 2.51. The number of carbonyl (C=O) groups is 1. The van der Waals surface area contributed by atoms with Crippen LogP contribution in [0.3, 0.4) is 0 Å². The summed E-state index contributed by atoms with van der Waals surface area (Å²) in [6.07, 6.45) is 3.37. The van der Waals surface area contributed by atoms with Crippen LogP contribution in [0.25, 0.3) is 0 Å². The van der Waals surface area contributed by atoms with E-state index in [0.717, 1.165) is 0 Å². The zero-order valence-corrected chi connectivity index (χ0v) is 12.3. The van der Waals surface area contributed by atoms with Crippen molar-refractivity contribution in [3.05, 3.63) is 51.7 Å². The van der Waals surface area contributed by atoms with Crippen molar-refractivity contribution in [2.45, 2.75) is 24.9 Å². The Balaban J connectivity index is 2.25. The average Bonchev–Trinajstić information content (AvgIpc) is 2.85. The van der Waals surface area contributed by atoms with Crippen LogP contribution in [-0.2, 0) is 16.0 Å². The third-order valence-corrected chi connectivity index (χ3v) is 4.24. The molecule has 0 bridgehead atoms. The monoisotopic (exact) mass is 303 g/mol. The molecule has 0 saturated carbocycles. The van der Waals surface area contributed by atoms with Gasteiger partial charge in [-0.05, 0) is 18.6 Å². The minimum Gasteiger partial charge on any atom is -0.469 e. The Morgan fingerprint density at radius 2 is 2.27 bits per heavy atom. The molecule has 116 valence electrons. The zero-order chi connectivity index (χ0) is 15.9. The number of nitrogens with one attached hydrogen (secondary N) is 2. The number of H-pyrrole nitrogens is 2.